The maximum atomic E-state index is 11.7. The van der Waals surface area contributed by atoms with Crippen LogP contribution < -0.4 is 10.6 Å². The van der Waals surface area contributed by atoms with Crippen molar-refractivity contribution in [2.75, 3.05) is 6.54 Å². The Kier molecular flexibility index (Phi) is 6.16. The molecule has 1 unspecified atom stereocenters. The summed E-state index contributed by atoms with van der Waals surface area (Å²) >= 11 is 5.92. The van der Waals surface area contributed by atoms with Crippen molar-refractivity contribution in [3.8, 4) is 0 Å². The lowest BCUT2D eigenvalue weighted by Crippen LogP contribution is -2.31. The third kappa shape index (κ3) is 5.52. The Bertz CT molecular complexity index is 393. The number of rotatable bonds is 6. The number of hydrogen-bond donors (Lipinski definition) is 2. The van der Waals surface area contributed by atoms with Crippen molar-refractivity contribution in [1.29, 1.82) is 0 Å². The summed E-state index contributed by atoms with van der Waals surface area (Å²) in [4.78, 5) is 11.7. The predicted octanol–water partition coefficient (Wildman–Crippen LogP) is 2.91. The fourth-order valence-electron chi connectivity index (χ4n) is 1.65. The van der Waals surface area contributed by atoms with Gasteiger partial charge in [-0.3, -0.25) is 4.79 Å². The Morgan fingerprint density at radius 3 is 2.67 bits per heavy atom. The lowest BCUT2D eigenvalue weighted by atomic mass is 10.1. The van der Waals surface area contributed by atoms with Crippen LogP contribution in [-0.4, -0.2) is 18.5 Å². The van der Waals surface area contributed by atoms with Gasteiger partial charge in [-0.25, -0.2) is 0 Å². The SMILES string of the molecule is CC(C)NCCC(=O)NC(C)c1cccc(Cl)c1. The smallest absolute Gasteiger partial charge is 0.221 e. The van der Waals surface area contributed by atoms with Crippen LogP contribution in [0.15, 0.2) is 24.3 Å². The summed E-state index contributed by atoms with van der Waals surface area (Å²) in [6.07, 6.45) is 0.489. The van der Waals surface area contributed by atoms with Crippen LogP contribution in [0.3, 0.4) is 0 Å². The largest absolute Gasteiger partial charge is 0.350 e. The van der Waals surface area contributed by atoms with Crippen molar-refractivity contribution < 1.29 is 4.79 Å². The Morgan fingerprint density at radius 2 is 2.06 bits per heavy atom. The van der Waals surface area contributed by atoms with E-state index >= 15 is 0 Å². The molecule has 2 N–H and O–H groups in total. The van der Waals surface area contributed by atoms with Gasteiger partial charge in [0, 0.05) is 24.0 Å². The van der Waals surface area contributed by atoms with E-state index in [-0.39, 0.29) is 11.9 Å². The molecule has 4 heteroatoms. The molecule has 1 aromatic rings. The molecule has 0 aliphatic rings. The fraction of sp³-hybridized carbons (Fsp3) is 0.500. The number of amides is 1. The number of hydrogen-bond acceptors (Lipinski definition) is 2. The van der Waals surface area contributed by atoms with Crippen molar-refractivity contribution in [1.82, 2.24) is 10.6 Å². The molecule has 1 amide bonds. The van der Waals surface area contributed by atoms with E-state index in [0.29, 0.717) is 24.0 Å². The zero-order valence-corrected chi connectivity index (χ0v) is 11.9. The quantitative estimate of drug-likeness (QED) is 0.833. The molecular formula is C14H21ClN2O. The summed E-state index contributed by atoms with van der Waals surface area (Å²) in [7, 11) is 0. The molecule has 0 aliphatic carbocycles. The standard InChI is InChI=1S/C14H21ClN2O/c1-10(2)16-8-7-14(18)17-11(3)12-5-4-6-13(15)9-12/h4-6,9-11,16H,7-8H2,1-3H3,(H,17,18). The summed E-state index contributed by atoms with van der Waals surface area (Å²) in [5, 5.41) is 6.87. The molecule has 1 rings (SSSR count). The molecule has 0 heterocycles. The maximum absolute atomic E-state index is 11.7. The second-order valence-corrected chi connectivity index (χ2v) is 5.14. The van der Waals surface area contributed by atoms with Crippen LogP contribution in [0.25, 0.3) is 0 Å². The van der Waals surface area contributed by atoms with Crippen LogP contribution >= 0.6 is 11.6 Å². The van der Waals surface area contributed by atoms with Crippen LogP contribution in [-0.2, 0) is 4.79 Å². The van der Waals surface area contributed by atoms with Crippen LogP contribution in [0.2, 0.25) is 5.02 Å². The molecule has 0 saturated heterocycles. The van der Waals surface area contributed by atoms with Crippen molar-refractivity contribution >= 4 is 17.5 Å². The molecule has 18 heavy (non-hydrogen) atoms. The molecule has 1 aromatic carbocycles. The summed E-state index contributed by atoms with van der Waals surface area (Å²) < 4.78 is 0. The normalized spacial score (nSPS) is 12.5. The van der Waals surface area contributed by atoms with Crippen molar-refractivity contribution in [3.63, 3.8) is 0 Å². The number of nitrogens with one attached hydrogen (secondary N) is 2. The summed E-state index contributed by atoms with van der Waals surface area (Å²) in [5.74, 6) is 0.0515. The first-order valence-corrected chi connectivity index (χ1v) is 6.65. The number of carbonyl (C=O) groups excluding carboxylic acids is 1. The van der Waals surface area contributed by atoms with Crippen LogP contribution in [0, 0.1) is 0 Å². The second-order valence-electron chi connectivity index (χ2n) is 4.70. The lowest BCUT2D eigenvalue weighted by molar-refractivity contribution is -0.121. The van der Waals surface area contributed by atoms with E-state index in [1.807, 2.05) is 31.2 Å². The third-order valence-electron chi connectivity index (χ3n) is 2.63. The molecule has 0 aromatic heterocycles. The Hall–Kier alpha value is -1.06. The first kappa shape index (κ1) is 15.0. The van der Waals surface area contributed by atoms with Gasteiger partial charge in [0.05, 0.1) is 6.04 Å². The Labute approximate surface area is 114 Å². The minimum absolute atomic E-state index is 0.0183. The highest BCUT2D eigenvalue weighted by atomic mass is 35.5. The topological polar surface area (TPSA) is 41.1 Å². The van der Waals surface area contributed by atoms with Crippen LogP contribution in [0.5, 0.6) is 0 Å². The van der Waals surface area contributed by atoms with E-state index in [0.717, 1.165) is 5.56 Å². The minimum atomic E-state index is -0.0183. The fourth-order valence-corrected chi connectivity index (χ4v) is 1.85. The van der Waals surface area contributed by atoms with E-state index in [4.69, 9.17) is 11.6 Å². The number of halogens is 1. The molecule has 1 atom stereocenters. The first-order chi connectivity index (χ1) is 8.49. The summed E-state index contributed by atoms with van der Waals surface area (Å²) in [5.41, 5.74) is 1.02. The van der Waals surface area contributed by atoms with Crippen LogP contribution in [0.1, 0.15) is 38.8 Å². The van der Waals surface area contributed by atoms with Crippen molar-refractivity contribution in [3.05, 3.63) is 34.9 Å². The molecule has 0 radical (unpaired) electrons. The molecule has 0 bridgehead atoms. The van der Waals surface area contributed by atoms with Gasteiger partial charge in [0.2, 0.25) is 5.91 Å². The van der Waals surface area contributed by atoms with Gasteiger partial charge in [-0.15, -0.1) is 0 Å². The highest BCUT2D eigenvalue weighted by Gasteiger charge is 2.09. The zero-order chi connectivity index (χ0) is 13.5. The Morgan fingerprint density at radius 1 is 1.33 bits per heavy atom. The number of carbonyl (C=O) groups is 1. The van der Waals surface area contributed by atoms with Gasteiger partial charge in [0.1, 0.15) is 0 Å². The highest BCUT2D eigenvalue weighted by Crippen LogP contribution is 2.17. The lowest BCUT2D eigenvalue weighted by Gasteiger charge is -2.15. The average molecular weight is 269 g/mol. The van der Waals surface area contributed by atoms with Gasteiger partial charge in [-0.2, -0.15) is 0 Å². The van der Waals surface area contributed by atoms with Gasteiger partial charge in [-0.05, 0) is 24.6 Å². The maximum Gasteiger partial charge on any atom is 0.221 e. The molecule has 3 nitrogen and oxygen atoms in total. The van der Waals surface area contributed by atoms with Gasteiger partial charge >= 0.3 is 0 Å². The minimum Gasteiger partial charge on any atom is -0.350 e. The van der Waals surface area contributed by atoms with Gasteiger partial charge < -0.3 is 10.6 Å². The monoisotopic (exact) mass is 268 g/mol. The Balaban J connectivity index is 2.40. The second kappa shape index (κ2) is 7.39. The first-order valence-electron chi connectivity index (χ1n) is 6.27. The molecule has 0 saturated carbocycles. The van der Waals surface area contributed by atoms with Crippen molar-refractivity contribution in [2.45, 2.75) is 39.3 Å². The van der Waals surface area contributed by atoms with E-state index in [9.17, 15) is 4.79 Å². The average Bonchev–Trinajstić information content (AvgIpc) is 2.28. The highest BCUT2D eigenvalue weighted by molar-refractivity contribution is 6.30. The van der Waals surface area contributed by atoms with E-state index in [2.05, 4.69) is 24.5 Å². The van der Waals surface area contributed by atoms with Crippen molar-refractivity contribution in [2.24, 2.45) is 0 Å². The predicted molar refractivity (Wildman–Crippen MR) is 75.8 cm³/mol. The molecule has 0 spiro atoms. The molecular weight excluding hydrogens is 248 g/mol. The zero-order valence-electron chi connectivity index (χ0n) is 11.2. The van der Waals surface area contributed by atoms with Gasteiger partial charge in [0.25, 0.3) is 0 Å². The summed E-state index contributed by atoms with van der Waals surface area (Å²) in [6, 6.07) is 7.94. The molecule has 0 fully saturated rings. The van der Waals surface area contributed by atoms with E-state index in [1.54, 1.807) is 0 Å². The summed E-state index contributed by atoms with van der Waals surface area (Å²) in [6.45, 7) is 6.78. The molecule has 0 aliphatic heterocycles. The number of benzene rings is 1. The van der Waals surface area contributed by atoms with E-state index in [1.165, 1.54) is 0 Å². The third-order valence-corrected chi connectivity index (χ3v) is 2.87. The van der Waals surface area contributed by atoms with E-state index < -0.39 is 0 Å². The van der Waals surface area contributed by atoms with Gasteiger partial charge in [-0.1, -0.05) is 37.6 Å². The van der Waals surface area contributed by atoms with Crippen LogP contribution in [0.4, 0.5) is 0 Å². The molecule has 100 valence electrons. The van der Waals surface area contributed by atoms with Gasteiger partial charge in [0.15, 0.2) is 0 Å².